The van der Waals surface area contributed by atoms with Crippen LogP contribution in [0.3, 0.4) is 0 Å². The summed E-state index contributed by atoms with van der Waals surface area (Å²) >= 11 is 1.40. The summed E-state index contributed by atoms with van der Waals surface area (Å²) in [5.74, 6) is -0.589. The van der Waals surface area contributed by atoms with Crippen LogP contribution in [0.1, 0.15) is 39.1 Å². The second-order valence-corrected chi connectivity index (χ2v) is 10.6. The third-order valence-electron chi connectivity index (χ3n) is 5.70. The van der Waals surface area contributed by atoms with E-state index in [4.69, 9.17) is 0 Å². The molecule has 1 fully saturated rings. The van der Waals surface area contributed by atoms with Gasteiger partial charge >= 0.3 is 0 Å². The van der Waals surface area contributed by atoms with E-state index in [0.717, 1.165) is 23.3 Å². The Balaban J connectivity index is 1.57. The monoisotopic (exact) mass is 510 g/mol. The third-order valence-corrected chi connectivity index (χ3v) is 7.86. The largest absolute Gasteiger partial charge is 0.348 e. The number of hydrogen-bond donors (Lipinski definition) is 2. The van der Waals surface area contributed by atoms with Crippen molar-refractivity contribution in [3.8, 4) is 0 Å². The van der Waals surface area contributed by atoms with Gasteiger partial charge in [-0.2, -0.15) is 0 Å². The number of carbonyl (C=O) groups excluding carboxylic acids is 2. The number of amides is 2. The van der Waals surface area contributed by atoms with Crippen molar-refractivity contribution < 1.29 is 18.0 Å². The van der Waals surface area contributed by atoms with Gasteiger partial charge in [0.05, 0.1) is 21.7 Å². The molecule has 3 aromatic rings. The standard InChI is InChI=1S/C25H26N4O4S2/c1-34-23-11-10-19(15-21(23)25(31)29-13-4-5-14-29)35(32,33)28-22-9-3-2-8-20(22)24(30)27-17-18-7-6-12-26-16-18/h2-3,6-12,15-16,28H,4-5,13-14,17H2,1H3,(H,27,30). The summed E-state index contributed by atoms with van der Waals surface area (Å²) in [6.45, 7) is 1.60. The van der Waals surface area contributed by atoms with Crippen molar-refractivity contribution in [2.75, 3.05) is 24.1 Å². The van der Waals surface area contributed by atoms with Crippen molar-refractivity contribution in [2.45, 2.75) is 29.2 Å². The lowest BCUT2D eigenvalue weighted by atomic mass is 10.1. The van der Waals surface area contributed by atoms with Crippen LogP contribution in [0.2, 0.25) is 0 Å². The number of sulfonamides is 1. The van der Waals surface area contributed by atoms with Crippen LogP contribution in [0.25, 0.3) is 0 Å². The van der Waals surface area contributed by atoms with Crippen LogP contribution in [0.5, 0.6) is 0 Å². The van der Waals surface area contributed by atoms with E-state index in [1.54, 1.807) is 47.6 Å². The molecule has 0 radical (unpaired) electrons. The first kappa shape index (κ1) is 24.7. The van der Waals surface area contributed by atoms with E-state index in [1.807, 2.05) is 12.3 Å². The zero-order valence-corrected chi connectivity index (χ0v) is 20.9. The molecule has 1 saturated heterocycles. The number of para-hydroxylation sites is 1. The van der Waals surface area contributed by atoms with Gasteiger partial charge in [0.2, 0.25) is 0 Å². The van der Waals surface area contributed by atoms with Crippen molar-refractivity contribution in [3.05, 3.63) is 83.7 Å². The van der Waals surface area contributed by atoms with E-state index in [-0.39, 0.29) is 28.6 Å². The van der Waals surface area contributed by atoms with Gasteiger partial charge in [-0.3, -0.25) is 19.3 Å². The molecule has 2 aromatic carbocycles. The molecule has 182 valence electrons. The number of benzene rings is 2. The van der Waals surface area contributed by atoms with Crippen LogP contribution in [0, 0.1) is 0 Å². The Kier molecular flexibility index (Phi) is 7.72. The summed E-state index contributed by atoms with van der Waals surface area (Å²) in [5, 5.41) is 2.78. The SMILES string of the molecule is CSc1ccc(S(=O)(=O)Nc2ccccc2C(=O)NCc2cccnc2)cc1C(=O)N1CCCC1. The number of anilines is 1. The second-order valence-electron chi connectivity index (χ2n) is 8.06. The summed E-state index contributed by atoms with van der Waals surface area (Å²) < 4.78 is 29.1. The normalized spacial score (nSPS) is 13.5. The lowest BCUT2D eigenvalue weighted by Gasteiger charge is -2.18. The Hall–Kier alpha value is -3.37. The van der Waals surface area contributed by atoms with Gasteiger partial charge in [-0.05, 0) is 61.1 Å². The maximum absolute atomic E-state index is 13.3. The topological polar surface area (TPSA) is 108 Å². The molecule has 2 N–H and O–H groups in total. The molecular weight excluding hydrogens is 484 g/mol. The van der Waals surface area contributed by atoms with E-state index in [2.05, 4.69) is 15.0 Å². The average Bonchev–Trinajstić information content (AvgIpc) is 3.42. The number of nitrogens with zero attached hydrogens (tertiary/aromatic N) is 2. The summed E-state index contributed by atoms with van der Waals surface area (Å²) in [6, 6.07) is 14.5. The summed E-state index contributed by atoms with van der Waals surface area (Å²) in [4.78, 5) is 32.3. The molecule has 1 aliphatic heterocycles. The minimum Gasteiger partial charge on any atom is -0.348 e. The Morgan fingerprint density at radius 2 is 1.80 bits per heavy atom. The fourth-order valence-electron chi connectivity index (χ4n) is 3.87. The third kappa shape index (κ3) is 5.83. The zero-order valence-electron chi connectivity index (χ0n) is 19.2. The smallest absolute Gasteiger partial charge is 0.261 e. The number of thioether (sulfide) groups is 1. The molecule has 0 aliphatic carbocycles. The minimum absolute atomic E-state index is 0.0385. The van der Waals surface area contributed by atoms with E-state index < -0.39 is 15.9 Å². The van der Waals surface area contributed by atoms with Crippen LogP contribution >= 0.6 is 11.8 Å². The van der Waals surface area contributed by atoms with Crippen LogP contribution in [0.4, 0.5) is 5.69 Å². The van der Waals surface area contributed by atoms with Gasteiger partial charge in [0.25, 0.3) is 21.8 Å². The molecule has 0 bridgehead atoms. The highest BCUT2D eigenvalue weighted by atomic mass is 32.2. The van der Waals surface area contributed by atoms with Gasteiger partial charge < -0.3 is 10.2 Å². The van der Waals surface area contributed by atoms with Crippen LogP contribution in [-0.2, 0) is 16.6 Å². The highest BCUT2D eigenvalue weighted by molar-refractivity contribution is 7.98. The maximum atomic E-state index is 13.3. The van der Waals surface area contributed by atoms with Crippen LogP contribution in [-0.4, -0.2) is 49.5 Å². The average molecular weight is 511 g/mol. The van der Waals surface area contributed by atoms with Gasteiger partial charge in [0.15, 0.2) is 0 Å². The van der Waals surface area contributed by atoms with Gasteiger partial charge in [-0.25, -0.2) is 8.42 Å². The lowest BCUT2D eigenvalue weighted by molar-refractivity contribution is 0.0788. The molecular formula is C25H26N4O4S2. The molecule has 10 heteroatoms. The van der Waals surface area contributed by atoms with Crippen molar-refractivity contribution in [3.63, 3.8) is 0 Å². The molecule has 0 spiro atoms. The molecule has 8 nitrogen and oxygen atoms in total. The summed E-state index contributed by atoms with van der Waals surface area (Å²) in [6.07, 6.45) is 7.03. The number of aromatic nitrogens is 1. The predicted molar refractivity (Wildman–Crippen MR) is 136 cm³/mol. The number of rotatable bonds is 8. The van der Waals surface area contributed by atoms with Gasteiger partial charge in [0.1, 0.15) is 0 Å². The molecule has 1 aliphatic rings. The van der Waals surface area contributed by atoms with E-state index in [1.165, 1.54) is 30.0 Å². The van der Waals surface area contributed by atoms with Gasteiger partial charge in [-0.15, -0.1) is 11.8 Å². The minimum atomic E-state index is -4.06. The fourth-order valence-corrected chi connectivity index (χ4v) is 5.54. The van der Waals surface area contributed by atoms with Crippen molar-refractivity contribution in [1.82, 2.24) is 15.2 Å². The Morgan fingerprint density at radius 3 is 2.51 bits per heavy atom. The molecule has 35 heavy (non-hydrogen) atoms. The molecule has 1 aromatic heterocycles. The molecule has 0 unspecified atom stereocenters. The maximum Gasteiger partial charge on any atom is 0.261 e. The fraction of sp³-hybridized carbons (Fsp3) is 0.240. The first-order chi connectivity index (χ1) is 16.9. The summed E-state index contributed by atoms with van der Waals surface area (Å²) in [5.41, 5.74) is 1.53. The Morgan fingerprint density at radius 1 is 1.03 bits per heavy atom. The molecule has 4 rings (SSSR count). The summed E-state index contributed by atoms with van der Waals surface area (Å²) in [7, 11) is -4.06. The Bertz CT molecular complexity index is 1320. The van der Waals surface area contributed by atoms with Crippen molar-refractivity contribution >= 4 is 39.3 Å². The molecule has 2 heterocycles. The molecule has 0 saturated carbocycles. The number of nitrogens with one attached hydrogen (secondary N) is 2. The lowest BCUT2D eigenvalue weighted by Crippen LogP contribution is -2.28. The first-order valence-corrected chi connectivity index (χ1v) is 13.9. The first-order valence-electron chi connectivity index (χ1n) is 11.2. The van der Waals surface area contributed by atoms with Crippen LogP contribution in [0.15, 0.2) is 76.8 Å². The van der Waals surface area contributed by atoms with E-state index in [0.29, 0.717) is 18.7 Å². The van der Waals surface area contributed by atoms with Crippen LogP contribution < -0.4 is 10.0 Å². The highest BCUT2D eigenvalue weighted by Gasteiger charge is 2.25. The highest BCUT2D eigenvalue weighted by Crippen LogP contribution is 2.28. The van der Waals surface area contributed by atoms with E-state index >= 15 is 0 Å². The van der Waals surface area contributed by atoms with Crippen molar-refractivity contribution in [1.29, 1.82) is 0 Å². The molecule has 0 atom stereocenters. The molecule has 2 amide bonds. The number of hydrogen-bond acceptors (Lipinski definition) is 6. The number of pyridine rings is 1. The predicted octanol–water partition coefficient (Wildman–Crippen LogP) is 3.77. The number of likely N-dealkylation sites (tertiary alicyclic amines) is 1. The van der Waals surface area contributed by atoms with E-state index in [9.17, 15) is 18.0 Å². The van der Waals surface area contributed by atoms with Gasteiger partial charge in [-0.1, -0.05) is 18.2 Å². The quantitative estimate of drug-likeness (QED) is 0.447. The van der Waals surface area contributed by atoms with Crippen molar-refractivity contribution in [2.24, 2.45) is 0 Å². The van der Waals surface area contributed by atoms with Gasteiger partial charge in [0, 0.05) is 36.9 Å². The zero-order chi connectivity index (χ0) is 24.8. The number of carbonyl (C=O) groups is 2. The Labute approximate surface area is 209 Å². The second kappa shape index (κ2) is 10.9.